The molecule has 0 spiro atoms. The Morgan fingerprint density at radius 1 is 1.14 bits per heavy atom. The van der Waals surface area contributed by atoms with Gasteiger partial charge in [-0.3, -0.25) is 5.32 Å². The first-order valence-electron chi connectivity index (χ1n) is 5.83. The molecule has 1 amide bonds. The molecule has 21 heavy (non-hydrogen) atoms. The van der Waals surface area contributed by atoms with Gasteiger partial charge in [0.1, 0.15) is 11.5 Å². The minimum atomic E-state index is -2.97. The van der Waals surface area contributed by atoms with E-state index in [1.165, 1.54) is 18.2 Å². The van der Waals surface area contributed by atoms with Crippen LogP contribution >= 0.6 is 11.6 Å². The van der Waals surface area contributed by atoms with Crippen LogP contribution in [0.15, 0.2) is 48.5 Å². The van der Waals surface area contributed by atoms with Crippen LogP contribution in [-0.4, -0.2) is 12.7 Å². The number of para-hydroxylation sites is 1. The molecule has 0 aliphatic carbocycles. The van der Waals surface area contributed by atoms with Gasteiger partial charge in [-0.1, -0.05) is 29.8 Å². The summed E-state index contributed by atoms with van der Waals surface area (Å²) in [7, 11) is 0. The summed E-state index contributed by atoms with van der Waals surface area (Å²) in [6.07, 6.45) is -0.722. The SMILES string of the molecule is O=C(Nc1ccc(OC(F)F)c(Cl)c1)Oc1ccccc1. The Bertz CT molecular complexity index is 623. The number of benzene rings is 2. The Kier molecular flexibility index (Phi) is 4.94. The van der Waals surface area contributed by atoms with Crippen LogP contribution in [-0.2, 0) is 0 Å². The molecule has 4 nitrogen and oxygen atoms in total. The molecule has 2 rings (SSSR count). The monoisotopic (exact) mass is 313 g/mol. The molecule has 0 unspecified atom stereocenters. The van der Waals surface area contributed by atoms with Gasteiger partial charge >= 0.3 is 12.7 Å². The van der Waals surface area contributed by atoms with Gasteiger partial charge in [0.05, 0.1) is 5.02 Å². The molecular weight excluding hydrogens is 304 g/mol. The number of alkyl halides is 2. The number of halogens is 3. The van der Waals surface area contributed by atoms with Crippen molar-refractivity contribution in [3.8, 4) is 11.5 Å². The number of rotatable bonds is 4. The predicted octanol–water partition coefficient (Wildman–Crippen LogP) is 4.55. The minimum Gasteiger partial charge on any atom is -0.433 e. The number of amides is 1. The molecule has 110 valence electrons. The van der Waals surface area contributed by atoms with Crippen molar-refractivity contribution in [1.29, 1.82) is 0 Å². The molecule has 2 aromatic carbocycles. The van der Waals surface area contributed by atoms with Crippen molar-refractivity contribution >= 4 is 23.4 Å². The molecule has 7 heteroatoms. The highest BCUT2D eigenvalue weighted by atomic mass is 35.5. The average molecular weight is 314 g/mol. The van der Waals surface area contributed by atoms with Crippen LogP contribution in [0.5, 0.6) is 11.5 Å². The lowest BCUT2D eigenvalue weighted by Gasteiger charge is -2.09. The standard InChI is InChI=1S/C14H10ClF2NO3/c15-11-8-9(6-7-12(11)21-13(16)17)18-14(19)20-10-4-2-1-3-5-10/h1-8,13H,(H,18,19). The van der Waals surface area contributed by atoms with Crippen LogP contribution in [0.3, 0.4) is 0 Å². The second kappa shape index (κ2) is 6.90. The Balaban J connectivity index is 1.99. The number of carbonyl (C=O) groups excluding carboxylic acids is 1. The van der Waals surface area contributed by atoms with Gasteiger partial charge in [-0.05, 0) is 30.3 Å². The largest absolute Gasteiger partial charge is 0.433 e. The van der Waals surface area contributed by atoms with E-state index in [9.17, 15) is 13.6 Å². The highest BCUT2D eigenvalue weighted by molar-refractivity contribution is 6.32. The van der Waals surface area contributed by atoms with Gasteiger partial charge in [-0.25, -0.2) is 4.79 Å². The normalized spacial score (nSPS) is 10.3. The summed E-state index contributed by atoms with van der Waals surface area (Å²) in [5.74, 6) is 0.201. The van der Waals surface area contributed by atoms with Gasteiger partial charge in [0, 0.05) is 5.69 Å². The molecule has 0 fully saturated rings. The highest BCUT2D eigenvalue weighted by Crippen LogP contribution is 2.29. The summed E-state index contributed by atoms with van der Waals surface area (Å²) in [5.41, 5.74) is 0.294. The van der Waals surface area contributed by atoms with Crippen molar-refractivity contribution in [2.24, 2.45) is 0 Å². The summed E-state index contributed by atoms with van der Waals surface area (Å²) in [4.78, 5) is 11.6. The lowest BCUT2D eigenvalue weighted by atomic mass is 10.3. The molecule has 0 saturated carbocycles. The molecule has 0 aromatic heterocycles. The molecule has 0 aliphatic rings. The maximum atomic E-state index is 12.1. The van der Waals surface area contributed by atoms with Gasteiger partial charge in [-0.2, -0.15) is 8.78 Å². The first kappa shape index (κ1) is 15.1. The molecule has 0 saturated heterocycles. The summed E-state index contributed by atoms with van der Waals surface area (Å²) < 4.78 is 33.4. The second-order valence-corrected chi connectivity index (χ2v) is 4.26. The first-order valence-corrected chi connectivity index (χ1v) is 6.20. The van der Waals surface area contributed by atoms with Crippen LogP contribution in [0, 0.1) is 0 Å². The molecule has 0 heterocycles. The van der Waals surface area contributed by atoms with E-state index >= 15 is 0 Å². The lowest BCUT2D eigenvalue weighted by Crippen LogP contribution is -2.16. The Labute approximate surface area is 124 Å². The van der Waals surface area contributed by atoms with Crippen molar-refractivity contribution in [1.82, 2.24) is 0 Å². The number of hydrogen-bond acceptors (Lipinski definition) is 3. The third-order valence-electron chi connectivity index (χ3n) is 2.35. The van der Waals surface area contributed by atoms with Crippen LogP contribution in [0.25, 0.3) is 0 Å². The van der Waals surface area contributed by atoms with E-state index in [2.05, 4.69) is 10.1 Å². The highest BCUT2D eigenvalue weighted by Gasteiger charge is 2.11. The van der Waals surface area contributed by atoms with Crippen molar-refractivity contribution in [3.05, 3.63) is 53.6 Å². The third-order valence-corrected chi connectivity index (χ3v) is 2.64. The van der Waals surface area contributed by atoms with Gasteiger partial charge in [0.15, 0.2) is 0 Å². The Hall–Kier alpha value is -2.34. The second-order valence-electron chi connectivity index (χ2n) is 3.85. The minimum absolute atomic E-state index is 0.0483. The average Bonchev–Trinajstić information content (AvgIpc) is 2.42. The fourth-order valence-corrected chi connectivity index (χ4v) is 1.73. The van der Waals surface area contributed by atoms with Crippen molar-refractivity contribution in [3.63, 3.8) is 0 Å². The van der Waals surface area contributed by atoms with Crippen LogP contribution < -0.4 is 14.8 Å². The van der Waals surface area contributed by atoms with Crippen molar-refractivity contribution in [2.75, 3.05) is 5.32 Å². The molecule has 0 aliphatic heterocycles. The molecule has 2 aromatic rings. The topological polar surface area (TPSA) is 47.6 Å². The predicted molar refractivity (Wildman–Crippen MR) is 74.2 cm³/mol. The summed E-state index contributed by atoms with van der Waals surface area (Å²) in [5, 5.41) is 2.37. The van der Waals surface area contributed by atoms with E-state index in [4.69, 9.17) is 16.3 Å². The van der Waals surface area contributed by atoms with E-state index in [1.807, 2.05) is 0 Å². The fourth-order valence-electron chi connectivity index (χ4n) is 1.51. The van der Waals surface area contributed by atoms with E-state index in [0.29, 0.717) is 11.4 Å². The van der Waals surface area contributed by atoms with Crippen molar-refractivity contribution < 1.29 is 23.0 Å². The zero-order valence-electron chi connectivity index (χ0n) is 10.6. The van der Waals surface area contributed by atoms with Crippen LogP contribution in [0.2, 0.25) is 5.02 Å². The Morgan fingerprint density at radius 2 is 1.86 bits per heavy atom. The molecule has 1 N–H and O–H groups in total. The summed E-state index contributed by atoms with van der Waals surface area (Å²) >= 11 is 5.77. The number of hydrogen-bond donors (Lipinski definition) is 1. The van der Waals surface area contributed by atoms with E-state index in [-0.39, 0.29) is 10.8 Å². The van der Waals surface area contributed by atoms with Crippen LogP contribution in [0.1, 0.15) is 0 Å². The van der Waals surface area contributed by atoms with Gasteiger partial charge in [0.2, 0.25) is 0 Å². The zero-order chi connectivity index (χ0) is 15.2. The van der Waals surface area contributed by atoms with Gasteiger partial charge in [-0.15, -0.1) is 0 Å². The number of nitrogens with one attached hydrogen (secondary N) is 1. The molecular formula is C14H10ClF2NO3. The lowest BCUT2D eigenvalue weighted by molar-refractivity contribution is -0.0497. The summed E-state index contributed by atoms with van der Waals surface area (Å²) in [6, 6.07) is 12.3. The first-order chi connectivity index (χ1) is 10.0. The number of carbonyl (C=O) groups is 1. The van der Waals surface area contributed by atoms with E-state index < -0.39 is 12.7 Å². The quantitative estimate of drug-likeness (QED) is 0.900. The van der Waals surface area contributed by atoms with E-state index in [0.717, 1.165) is 0 Å². The molecule has 0 radical (unpaired) electrons. The Morgan fingerprint density at radius 3 is 2.48 bits per heavy atom. The number of ether oxygens (including phenoxy) is 2. The molecule has 0 bridgehead atoms. The van der Waals surface area contributed by atoms with Crippen molar-refractivity contribution in [2.45, 2.75) is 6.61 Å². The fraction of sp³-hybridized carbons (Fsp3) is 0.0714. The van der Waals surface area contributed by atoms with E-state index in [1.54, 1.807) is 30.3 Å². The third kappa shape index (κ3) is 4.61. The van der Waals surface area contributed by atoms with Crippen LogP contribution in [0.4, 0.5) is 19.3 Å². The summed E-state index contributed by atoms with van der Waals surface area (Å²) in [6.45, 7) is -2.97. The zero-order valence-corrected chi connectivity index (χ0v) is 11.3. The smallest absolute Gasteiger partial charge is 0.417 e. The maximum Gasteiger partial charge on any atom is 0.417 e. The molecule has 0 atom stereocenters. The van der Waals surface area contributed by atoms with Gasteiger partial charge < -0.3 is 9.47 Å². The van der Waals surface area contributed by atoms with Gasteiger partial charge in [0.25, 0.3) is 0 Å². The maximum absolute atomic E-state index is 12.1. The number of anilines is 1.